The number of aromatic nitrogens is 4. The van der Waals surface area contributed by atoms with Crippen LogP contribution in [0, 0.1) is 0 Å². The van der Waals surface area contributed by atoms with Crippen molar-refractivity contribution in [3.63, 3.8) is 0 Å². The van der Waals surface area contributed by atoms with Gasteiger partial charge in [-0.2, -0.15) is 5.10 Å². The second kappa shape index (κ2) is 7.06. The number of carboxylic acid groups (broad SMARTS) is 1. The third-order valence-electron chi connectivity index (χ3n) is 4.64. The summed E-state index contributed by atoms with van der Waals surface area (Å²) in [4.78, 5) is 33.0. The molecule has 27 heavy (non-hydrogen) atoms. The standard InChI is InChI=1S/C19H19N5O3/c25-17(26)6-5-13-11-14-12-23(9-10-24(14)22-13)19(27)16-4-2-1-3-15(16)18-20-7-8-21-18/h1-4,7-8,11H,5-6,9-10,12H2,(H,20,21)(H,25,26). The Morgan fingerprint density at radius 3 is 2.85 bits per heavy atom. The molecule has 3 aromatic rings. The molecule has 8 nitrogen and oxygen atoms in total. The summed E-state index contributed by atoms with van der Waals surface area (Å²) in [7, 11) is 0. The second-order valence-electron chi connectivity index (χ2n) is 6.45. The lowest BCUT2D eigenvalue weighted by molar-refractivity contribution is -0.136. The van der Waals surface area contributed by atoms with Crippen LogP contribution in [-0.2, 0) is 24.3 Å². The van der Waals surface area contributed by atoms with E-state index in [1.165, 1.54) is 0 Å². The van der Waals surface area contributed by atoms with Crippen LogP contribution in [-0.4, -0.2) is 48.2 Å². The van der Waals surface area contributed by atoms with Crippen LogP contribution < -0.4 is 0 Å². The largest absolute Gasteiger partial charge is 0.481 e. The van der Waals surface area contributed by atoms with Crippen molar-refractivity contribution in [2.75, 3.05) is 6.54 Å². The molecule has 0 saturated heterocycles. The topological polar surface area (TPSA) is 104 Å². The first kappa shape index (κ1) is 17.0. The average molecular weight is 365 g/mol. The molecule has 3 heterocycles. The van der Waals surface area contributed by atoms with Gasteiger partial charge in [-0.3, -0.25) is 14.3 Å². The van der Waals surface area contributed by atoms with Gasteiger partial charge in [0.05, 0.1) is 36.5 Å². The molecule has 0 saturated carbocycles. The molecule has 0 aliphatic carbocycles. The number of carbonyl (C=O) groups is 2. The second-order valence-corrected chi connectivity index (χ2v) is 6.45. The van der Waals surface area contributed by atoms with E-state index < -0.39 is 5.97 Å². The van der Waals surface area contributed by atoms with Gasteiger partial charge < -0.3 is 15.0 Å². The smallest absolute Gasteiger partial charge is 0.303 e. The van der Waals surface area contributed by atoms with Crippen molar-refractivity contribution in [3.8, 4) is 11.4 Å². The Morgan fingerprint density at radius 1 is 1.22 bits per heavy atom. The lowest BCUT2D eigenvalue weighted by Gasteiger charge is -2.28. The lowest BCUT2D eigenvalue weighted by atomic mass is 10.1. The molecule has 1 aliphatic heterocycles. The van der Waals surface area contributed by atoms with Gasteiger partial charge in [0.15, 0.2) is 0 Å². The first-order chi connectivity index (χ1) is 13.1. The number of fused-ring (bicyclic) bond motifs is 1. The maximum absolute atomic E-state index is 13.1. The van der Waals surface area contributed by atoms with Crippen LogP contribution >= 0.6 is 0 Å². The Kier molecular flexibility index (Phi) is 4.45. The van der Waals surface area contributed by atoms with E-state index in [0.717, 1.165) is 17.0 Å². The highest BCUT2D eigenvalue weighted by Crippen LogP contribution is 2.23. The Hall–Kier alpha value is -3.42. The first-order valence-corrected chi connectivity index (χ1v) is 8.77. The van der Waals surface area contributed by atoms with Gasteiger partial charge in [0.25, 0.3) is 5.91 Å². The molecule has 138 valence electrons. The van der Waals surface area contributed by atoms with Gasteiger partial charge in [-0.1, -0.05) is 18.2 Å². The van der Waals surface area contributed by atoms with Gasteiger partial charge in [0.1, 0.15) is 5.82 Å². The molecule has 0 spiro atoms. The third kappa shape index (κ3) is 3.46. The van der Waals surface area contributed by atoms with Crippen molar-refractivity contribution < 1.29 is 14.7 Å². The molecule has 2 aromatic heterocycles. The van der Waals surface area contributed by atoms with E-state index in [9.17, 15) is 9.59 Å². The number of hydrogen-bond acceptors (Lipinski definition) is 4. The van der Waals surface area contributed by atoms with Crippen LogP contribution in [0.3, 0.4) is 0 Å². The number of nitrogens with one attached hydrogen (secondary N) is 1. The van der Waals surface area contributed by atoms with Crippen molar-refractivity contribution in [1.29, 1.82) is 0 Å². The van der Waals surface area contributed by atoms with Crippen molar-refractivity contribution >= 4 is 11.9 Å². The number of rotatable bonds is 5. The molecule has 1 aromatic carbocycles. The normalized spacial score (nSPS) is 13.4. The van der Waals surface area contributed by atoms with Crippen LogP contribution in [0.4, 0.5) is 0 Å². The average Bonchev–Trinajstić information content (AvgIpc) is 3.34. The molecule has 1 aliphatic rings. The Bertz CT molecular complexity index is 977. The zero-order valence-corrected chi connectivity index (χ0v) is 14.6. The van der Waals surface area contributed by atoms with Crippen molar-refractivity contribution in [3.05, 3.63) is 59.7 Å². The summed E-state index contributed by atoms with van der Waals surface area (Å²) in [5.74, 6) is -0.231. The fourth-order valence-corrected chi connectivity index (χ4v) is 3.32. The van der Waals surface area contributed by atoms with E-state index in [2.05, 4.69) is 15.1 Å². The van der Waals surface area contributed by atoms with E-state index in [-0.39, 0.29) is 12.3 Å². The summed E-state index contributed by atoms with van der Waals surface area (Å²) in [5.41, 5.74) is 3.04. The molecule has 0 radical (unpaired) electrons. The first-order valence-electron chi connectivity index (χ1n) is 8.77. The minimum atomic E-state index is -0.840. The molecule has 1 amide bonds. The maximum Gasteiger partial charge on any atom is 0.303 e. The van der Waals surface area contributed by atoms with Gasteiger partial charge in [0, 0.05) is 30.9 Å². The van der Waals surface area contributed by atoms with E-state index >= 15 is 0 Å². The Morgan fingerprint density at radius 2 is 2.07 bits per heavy atom. The molecule has 0 fully saturated rings. The van der Waals surface area contributed by atoms with Gasteiger partial charge >= 0.3 is 5.97 Å². The Balaban J connectivity index is 1.54. The van der Waals surface area contributed by atoms with E-state index in [1.54, 1.807) is 17.3 Å². The fourth-order valence-electron chi connectivity index (χ4n) is 3.32. The lowest BCUT2D eigenvalue weighted by Crippen LogP contribution is -2.38. The fraction of sp³-hybridized carbons (Fsp3) is 0.263. The van der Waals surface area contributed by atoms with Crippen molar-refractivity contribution in [2.45, 2.75) is 25.9 Å². The molecule has 0 unspecified atom stereocenters. The molecular formula is C19H19N5O3. The minimum absolute atomic E-state index is 0.0512. The summed E-state index contributed by atoms with van der Waals surface area (Å²) in [6, 6.07) is 9.31. The quantitative estimate of drug-likeness (QED) is 0.719. The van der Waals surface area contributed by atoms with Crippen LogP contribution in [0.2, 0.25) is 0 Å². The number of aromatic amines is 1. The number of amides is 1. The predicted octanol–water partition coefficient (Wildman–Crippen LogP) is 1.95. The summed E-state index contributed by atoms with van der Waals surface area (Å²) >= 11 is 0. The van der Waals surface area contributed by atoms with Crippen LogP contribution in [0.25, 0.3) is 11.4 Å². The SMILES string of the molecule is O=C(O)CCc1cc2n(n1)CCN(C(=O)c1ccccc1-c1ncc[nH]1)C2. The van der Waals surface area contributed by atoms with Crippen LogP contribution in [0.1, 0.15) is 28.2 Å². The molecule has 4 rings (SSSR count). The number of imidazole rings is 1. The summed E-state index contributed by atoms with van der Waals surface area (Å²) < 4.78 is 1.86. The maximum atomic E-state index is 13.1. The molecule has 2 N–H and O–H groups in total. The number of benzene rings is 1. The number of hydrogen-bond donors (Lipinski definition) is 2. The number of aryl methyl sites for hydroxylation is 1. The van der Waals surface area contributed by atoms with Crippen LogP contribution in [0.5, 0.6) is 0 Å². The Labute approximate surface area is 155 Å². The predicted molar refractivity (Wildman–Crippen MR) is 96.9 cm³/mol. The number of carbonyl (C=O) groups excluding carboxylic acids is 1. The third-order valence-corrected chi connectivity index (χ3v) is 4.64. The van der Waals surface area contributed by atoms with Crippen molar-refractivity contribution in [1.82, 2.24) is 24.6 Å². The van der Waals surface area contributed by atoms with Gasteiger partial charge in [-0.15, -0.1) is 0 Å². The van der Waals surface area contributed by atoms with Gasteiger partial charge in [0.2, 0.25) is 0 Å². The molecular weight excluding hydrogens is 346 g/mol. The van der Waals surface area contributed by atoms with E-state index in [0.29, 0.717) is 37.4 Å². The monoisotopic (exact) mass is 365 g/mol. The highest BCUT2D eigenvalue weighted by molar-refractivity contribution is 6.00. The highest BCUT2D eigenvalue weighted by Gasteiger charge is 2.25. The number of H-pyrrole nitrogens is 1. The van der Waals surface area contributed by atoms with E-state index in [4.69, 9.17) is 5.11 Å². The highest BCUT2D eigenvalue weighted by atomic mass is 16.4. The summed E-state index contributed by atoms with van der Waals surface area (Å²) in [6.07, 6.45) is 3.84. The van der Waals surface area contributed by atoms with Crippen molar-refractivity contribution in [2.24, 2.45) is 0 Å². The minimum Gasteiger partial charge on any atom is -0.481 e. The molecule has 0 atom stereocenters. The zero-order valence-electron chi connectivity index (χ0n) is 14.6. The number of nitrogens with zero attached hydrogens (tertiary/aromatic N) is 4. The van der Waals surface area contributed by atoms with Crippen LogP contribution in [0.15, 0.2) is 42.7 Å². The van der Waals surface area contributed by atoms with E-state index in [1.807, 2.05) is 35.0 Å². The molecule has 0 bridgehead atoms. The number of aliphatic carboxylic acids is 1. The van der Waals surface area contributed by atoms with Gasteiger partial charge in [-0.25, -0.2) is 4.98 Å². The molecule has 8 heteroatoms. The number of carboxylic acids is 1. The summed E-state index contributed by atoms with van der Waals surface area (Å²) in [5, 5.41) is 13.3. The summed E-state index contributed by atoms with van der Waals surface area (Å²) in [6.45, 7) is 1.60. The van der Waals surface area contributed by atoms with Gasteiger partial charge in [-0.05, 0) is 12.1 Å². The zero-order chi connectivity index (χ0) is 18.8.